The monoisotopic (exact) mass is 361 g/mol. The van der Waals surface area contributed by atoms with Crippen LogP contribution in [0.2, 0.25) is 0 Å². The highest BCUT2D eigenvalue weighted by Gasteiger charge is 2.16. The maximum Gasteiger partial charge on any atom is 0.344 e. The molecule has 0 N–H and O–H groups in total. The average molecular weight is 361 g/mol. The smallest absolute Gasteiger partial charge is 0.344 e. The van der Waals surface area contributed by atoms with Crippen LogP contribution < -0.4 is 10.4 Å². The van der Waals surface area contributed by atoms with E-state index in [1.165, 1.54) is 0 Å². The van der Waals surface area contributed by atoms with Crippen molar-refractivity contribution >= 4 is 16.9 Å². The molecule has 0 saturated heterocycles. The molecule has 26 heavy (non-hydrogen) atoms. The number of likely N-dealkylation sites (N-methyl/N-ethyl adjacent to an activating group) is 1. The highest BCUT2D eigenvalue weighted by atomic mass is 16.6. The van der Waals surface area contributed by atoms with E-state index in [9.17, 15) is 9.59 Å². The van der Waals surface area contributed by atoms with Crippen LogP contribution in [-0.2, 0) is 16.0 Å². The number of para-hydroxylation sites is 1. The van der Waals surface area contributed by atoms with Crippen molar-refractivity contribution in [3.8, 4) is 5.75 Å². The van der Waals surface area contributed by atoms with E-state index in [0.29, 0.717) is 29.9 Å². The molecular weight excluding hydrogens is 334 g/mol. The summed E-state index contributed by atoms with van der Waals surface area (Å²) < 4.78 is 15.9. The van der Waals surface area contributed by atoms with Gasteiger partial charge in [-0.15, -0.1) is 0 Å². The average Bonchev–Trinajstić information content (AvgIpc) is 2.63. The minimum Gasteiger partial charge on any atom is -0.478 e. The molecule has 0 fully saturated rings. The number of nitrogens with zero attached hydrogens (tertiary/aromatic N) is 1. The Morgan fingerprint density at radius 2 is 1.92 bits per heavy atom. The van der Waals surface area contributed by atoms with Crippen LogP contribution in [0.5, 0.6) is 5.75 Å². The lowest BCUT2D eigenvalue weighted by Crippen LogP contribution is -2.27. The number of rotatable bonds is 9. The van der Waals surface area contributed by atoms with Crippen LogP contribution in [-0.4, -0.2) is 43.7 Å². The van der Waals surface area contributed by atoms with Gasteiger partial charge in [0, 0.05) is 17.5 Å². The minimum absolute atomic E-state index is 0.223. The number of hydrogen-bond donors (Lipinski definition) is 0. The van der Waals surface area contributed by atoms with Gasteiger partial charge in [-0.1, -0.05) is 26.0 Å². The molecule has 1 aromatic heterocycles. The Bertz CT molecular complexity index is 808. The first-order valence-electron chi connectivity index (χ1n) is 9.07. The summed E-state index contributed by atoms with van der Waals surface area (Å²) in [7, 11) is 0. The van der Waals surface area contributed by atoms with Crippen molar-refractivity contribution in [3.63, 3.8) is 0 Å². The fourth-order valence-corrected chi connectivity index (χ4v) is 2.94. The summed E-state index contributed by atoms with van der Waals surface area (Å²) in [5.41, 5.74) is 1.59. The maximum absolute atomic E-state index is 12.5. The molecule has 0 radical (unpaired) electrons. The van der Waals surface area contributed by atoms with Gasteiger partial charge in [0.25, 0.3) is 0 Å². The number of aryl methyl sites for hydroxylation is 1. The molecular formula is C20H27NO5. The first-order valence-corrected chi connectivity index (χ1v) is 9.07. The fraction of sp³-hybridized carbons (Fsp3) is 0.500. The first kappa shape index (κ1) is 20.0. The topological polar surface area (TPSA) is 69.0 Å². The molecule has 6 nitrogen and oxygen atoms in total. The summed E-state index contributed by atoms with van der Waals surface area (Å²) in [6.07, 6.45) is 0.639. The van der Waals surface area contributed by atoms with Crippen molar-refractivity contribution in [1.82, 2.24) is 4.90 Å². The zero-order valence-electron chi connectivity index (χ0n) is 16.0. The number of ether oxygens (including phenoxy) is 2. The molecule has 0 saturated carbocycles. The number of fused-ring (bicyclic) bond motifs is 1. The van der Waals surface area contributed by atoms with Crippen LogP contribution in [0.15, 0.2) is 27.4 Å². The molecule has 2 rings (SSSR count). The van der Waals surface area contributed by atoms with Crippen LogP contribution in [0.1, 0.15) is 31.9 Å². The van der Waals surface area contributed by atoms with E-state index in [2.05, 4.69) is 18.7 Å². The Kier molecular flexibility index (Phi) is 7.21. The summed E-state index contributed by atoms with van der Waals surface area (Å²) in [4.78, 5) is 26.3. The predicted molar refractivity (Wildman–Crippen MR) is 101 cm³/mol. The van der Waals surface area contributed by atoms with E-state index >= 15 is 0 Å². The minimum atomic E-state index is -0.459. The maximum atomic E-state index is 12.5. The van der Waals surface area contributed by atoms with E-state index < -0.39 is 5.97 Å². The molecule has 0 unspecified atom stereocenters. The molecule has 6 heteroatoms. The molecule has 0 aliphatic carbocycles. The molecule has 0 spiro atoms. The van der Waals surface area contributed by atoms with Gasteiger partial charge in [-0.3, -0.25) is 0 Å². The second-order valence-corrected chi connectivity index (χ2v) is 6.00. The SMILES string of the molecule is CCOC(=O)COc1cccc2c(C)c(CCN(CC)CC)c(=O)oc12. The third kappa shape index (κ3) is 4.64. The van der Waals surface area contributed by atoms with Crippen molar-refractivity contribution in [3.05, 3.63) is 39.7 Å². The Morgan fingerprint density at radius 3 is 2.58 bits per heavy atom. The third-order valence-corrected chi connectivity index (χ3v) is 4.50. The predicted octanol–water partition coefficient (Wildman–Crippen LogP) is 2.93. The van der Waals surface area contributed by atoms with Crippen LogP contribution in [0, 0.1) is 6.92 Å². The van der Waals surface area contributed by atoms with Gasteiger partial charge in [-0.25, -0.2) is 9.59 Å². The molecule has 1 aromatic carbocycles. The summed E-state index contributed by atoms with van der Waals surface area (Å²) >= 11 is 0. The van der Waals surface area contributed by atoms with Gasteiger partial charge >= 0.3 is 11.6 Å². The van der Waals surface area contributed by atoms with Gasteiger partial charge in [0.2, 0.25) is 0 Å². The van der Waals surface area contributed by atoms with Gasteiger partial charge in [-0.05, 0) is 45.0 Å². The summed E-state index contributed by atoms with van der Waals surface area (Å²) in [5, 5.41) is 0.820. The van der Waals surface area contributed by atoms with Crippen molar-refractivity contribution in [2.45, 2.75) is 34.1 Å². The van der Waals surface area contributed by atoms with E-state index in [1.807, 2.05) is 19.1 Å². The van der Waals surface area contributed by atoms with E-state index in [4.69, 9.17) is 13.9 Å². The van der Waals surface area contributed by atoms with Crippen molar-refractivity contribution in [1.29, 1.82) is 0 Å². The number of carbonyl (C=O) groups excluding carboxylic acids is 1. The molecule has 0 amide bonds. The zero-order chi connectivity index (χ0) is 19.1. The lowest BCUT2D eigenvalue weighted by atomic mass is 10.0. The second-order valence-electron chi connectivity index (χ2n) is 6.00. The largest absolute Gasteiger partial charge is 0.478 e. The summed E-state index contributed by atoms with van der Waals surface area (Å²) in [6, 6.07) is 5.40. The summed E-state index contributed by atoms with van der Waals surface area (Å²) in [5.74, 6) is -0.0922. The Balaban J connectivity index is 2.31. The highest BCUT2D eigenvalue weighted by Crippen LogP contribution is 2.28. The van der Waals surface area contributed by atoms with Crippen LogP contribution >= 0.6 is 0 Å². The Labute approximate surface area is 153 Å². The first-order chi connectivity index (χ1) is 12.5. The zero-order valence-corrected chi connectivity index (χ0v) is 16.0. The van der Waals surface area contributed by atoms with Gasteiger partial charge in [0.1, 0.15) is 0 Å². The molecule has 142 valence electrons. The second kappa shape index (κ2) is 9.38. The number of benzene rings is 1. The van der Waals surface area contributed by atoms with Gasteiger partial charge < -0.3 is 18.8 Å². The van der Waals surface area contributed by atoms with E-state index in [-0.39, 0.29) is 12.2 Å². The van der Waals surface area contributed by atoms with Gasteiger partial charge in [-0.2, -0.15) is 0 Å². The van der Waals surface area contributed by atoms with Crippen molar-refractivity contribution in [2.24, 2.45) is 0 Å². The molecule has 2 aromatic rings. The molecule has 0 bridgehead atoms. The normalized spacial score (nSPS) is 11.1. The third-order valence-electron chi connectivity index (χ3n) is 4.50. The van der Waals surface area contributed by atoms with E-state index in [1.54, 1.807) is 13.0 Å². The molecule has 0 atom stereocenters. The van der Waals surface area contributed by atoms with Gasteiger partial charge in [0.15, 0.2) is 17.9 Å². The quantitative estimate of drug-likeness (QED) is 0.505. The molecule has 0 aliphatic heterocycles. The van der Waals surface area contributed by atoms with Crippen molar-refractivity contribution < 1.29 is 18.7 Å². The fourth-order valence-electron chi connectivity index (χ4n) is 2.94. The Morgan fingerprint density at radius 1 is 1.19 bits per heavy atom. The van der Waals surface area contributed by atoms with Crippen molar-refractivity contribution in [2.75, 3.05) is 32.8 Å². The number of hydrogen-bond acceptors (Lipinski definition) is 6. The number of esters is 1. The molecule has 0 aliphatic rings. The lowest BCUT2D eigenvalue weighted by molar-refractivity contribution is -0.145. The van der Waals surface area contributed by atoms with E-state index in [0.717, 1.165) is 30.6 Å². The highest BCUT2D eigenvalue weighted by molar-refractivity contribution is 5.86. The van der Waals surface area contributed by atoms with Gasteiger partial charge in [0.05, 0.1) is 6.61 Å². The Hall–Kier alpha value is -2.34. The number of carbonyl (C=O) groups is 1. The standard InChI is InChI=1S/C20H27NO5/c1-5-21(6-2)12-11-16-14(4)15-9-8-10-17(19(15)26-20(16)23)25-13-18(22)24-7-3/h8-10H,5-7,11-13H2,1-4H3. The van der Waals surface area contributed by atoms with Crippen LogP contribution in [0.4, 0.5) is 0 Å². The molecule has 1 heterocycles. The summed E-state index contributed by atoms with van der Waals surface area (Å²) in [6.45, 7) is 10.6. The van der Waals surface area contributed by atoms with Crippen LogP contribution in [0.3, 0.4) is 0 Å². The lowest BCUT2D eigenvalue weighted by Gasteiger charge is -2.18. The van der Waals surface area contributed by atoms with Crippen LogP contribution in [0.25, 0.3) is 11.0 Å².